The minimum absolute atomic E-state index is 0.303. The summed E-state index contributed by atoms with van der Waals surface area (Å²) in [5.41, 5.74) is 0.448. The van der Waals surface area contributed by atoms with Crippen molar-refractivity contribution in [3.8, 4) is 0 Å². The zero-order valence-corrected chi connectivity index (χ0v) is 8.12. The summed E-state index contributed by atoms with van der Waals surface area (Å²) >= 11 is 0. The Morgan fingerprint density at radius 3 is 2.86 bits per heavy atom. The van der Waals surface area contributed by atoms with Crippen molar-refractivity contribution < 1.29 is 12.3 Å². The second-order valence-electron chi connectivity index (χ2n) is 2.92. The summed E-state index contributed by atoms with van der Waals surface area (Å²) in [7, 11) is -3.05. The number of aryl methyl sites for hydroxylation is 1. The van der Waals surface area contributed by atoms with Crippen molar-refractivity contribution in [1.82, 2.24) is 9.55 Å². The van der Waals surface area contributed by atoms with Crippen molar-refractivity contribution in [2.45, 2.75) is 4.90 Å². The van der Waals surface area contributed by atoms with Crippen LogP contribution in [0.2, 0.25) is 0 Å². The van der Waals surface area contributed by atoms with E-state index < -0.39 is 10.2 Å². The Kier molecular flexibility index (Phi) is 1.81. The van der Waals surface area contributed by atoms with Crippen LogP contribution in [0, 0.1) is 0 Å². The van der Waals surface area contributed by atoms with E-state index in [4.69, 9.17) is 0 Å². The first-order valence-electron chi connectivity index (χ1n) is 3.85. The molecule has 0 spiro atoms. The maximum absolute atomic E-state index is 12.8. The lowest BCUT2D eigenvalue weighted by atomic mass is 10.3. The van der Waals surface area contributed by atoms with Gasteiger partial charge in [0.2, 0.25) is 0 Å². The van der Waals surface area contributed by atoms with E-state index in [0.717, 1.165) is 0 Å². The summed E-state index contributed by atoms with van der Waals surface area (Å²) in [6.45, 7) is 0. The fraction of sp³-hybridized carbons (Fsp3) is 0.125. The van der Waals surface area contributed by atoms with Gasteiger partial charge in [0.1, 0.15) is 10.5 Å². The zero-order chi connectivity index (χ0) is 10.3. The third-order valence-electron chi connectivity index (χ3n) is 1.96. The summed E-state index contributed by atoms with van der Waals surface area (Å²) in [5, 5.41) is 0.303. The first kappa shape index (κ1) is 9.14. The highest BCUT2D eigenvalue weighted by Gasteiger charge is 2.19. The van der Waals surface area contributed by atoms with Gasteiger partial charge in [0.15, 0.2) is 0 Å². The van der Waals surface area contributed by atoms with Crippen molar-refractivity contribution in [1.29, 1.82) is 0 Å². The molecule has 4 nitrogen and oxygen atoms in total. The SMILES string of the molecule is Cn1cc(S(=O)(=O)F)c2cccnc21. The van der Waals surface area contributed by atoms with Crippen molar-refractivity contribution in [3.05, 3.63) is 24.5 Å². The highest BCUT2D eigenvalue weighted by Crippen LogP contribution is 2.24. The average Bonchev–Trinajstić information content (AvgIpc) is 2.44. The lowest BCUT2D eigenvalue weighted by Crippen LogP contribution is -1.89. The number of halogens is 1. The highest BCUT2D eigenvalue weighted by atomic mass is 32.3. The molecule has 0 fully saturated rings. The van der Waals surface area contributed by atoms with Crippen LogP contribution in [0.25, 0.3) is 11.0 Å². The standard InChI is InChI=1S/C8H7FN2O2S/c1-11-5-7(14(9,12)13)6-3-2-4-10-8(6)11/h2-5H,1H3. The van der Waals surface area contributed by atoms with Gasteiger partial charge in [-0.25, -0.2) is 4.98 Å². The third kappa shape index (κ3) is 1.27. The number of pyridine rings is 1. The second kappa shape index (κ2) is 2.78. The van der Waals surface area contributed by atoms with Gasteiger partial charge in [0.05, 0.1) is 0 Å². The smallest absolute Gasteiger partial charge is 0.334 e. The van der Waals surface area contributed by atoms with Crippen molar-refractivity contribution in [2.75, 3.05) is 0 Å². The molecule has 0 amide bonds. The summed E-state index contributed by atoms with van der Waals surface area (Å²) in [4.78, 5) is 3.62. The zero-order valence-electron chi connectivity index (χ0n) is 7.31. The number of fused-ring (bicyclic) bond motifs is 1. The van der Waals surface area contributed by atoms with E-state index in [2.05, 4.69) is 4.98 Å². The number of hydrogen-bond donors (Lipinski definition) is 0. The van der Waals surface area contributed by atoms with Crippen LogP contribution in [-0.2, 0) is 17.3 Å². The van der Waals surface area contributed by atoms with Crippen LogP contribution >= 0.6 is 0 Å². The van der Waals surface area contributed by atoms with E-state index >= 15 is 0 Å². The molecule has 0 N–H and O–H groups in total. The molecule has 0 saturated carbocycles. The maximum atomic E-state index is 12.8. The predicted molar refractivity (Wildman–Crippen MR) is 49.0 cm³/mol. The molecule has 6 heteroatoms. The van der Waals surface area contributed by atoms with Crippen LogP contribution < -0.4 is 0 Å². The minimum Gasteiger partial charge on any atom is -0.334 e. The van der Waals surface area contributed by atoms with E-state index in [0.29, 0.717) is 11.0 Å². The number of aromatic nitrogens is 2. The molecule has 2 rings (SSSR count). The molecule has 2 aromatic heterocycles. The van der Waals surface area contributed by atoms with Crippen molar-refractivity contribution >= 4 is 21.3 Å². The molecule has 0 aliphatic rings. The largest absolute Gasteiger partial charge is 0.334 e. The molecule has 14 heavy (non-hydrogen) atoms. The Morgan fingerprint density at radius 2 is 2.21 bits per heavy atom. The summed E-state index contributed by atoms with van der Waals surface area (Å²) in [5.74, 6) is 0. The van der Waals surface area contributed by atoms with Crippen LogP contribution in [0.3, 0.4) is 0 Å². The molecule has 0 aliphatic heterocycles. The van der Waals surface area contributed by atoms with E-state index in [-0.39, 0.29) is 4.90 Å². The lowest BCUT2D eigenvalue weighted by Gasteiger charge is -1.91. The number of hydrogen-bond acceptors (Lipinski definition) is 3. The molecule has 2 heterocycles. The lowest BCUT2D eigenvalue weighted by molar-refractivity contribution is 0.553. The molecule has 0 unspecified atom stereocenters. The molecular formula is C8H7FN2O2S. The van der Waals surface area contributed by atoms with Gasteiger partial charge in [-0.05, 0) is 12.1 Å². The Hall–Kier alpha value is -1.43. The summed E-state index contributed by atoms with van der Waals surface area (Å²) < 4.78 is 35.8. The monoisotopic (exact) mass is 214 g/mol. The first-order chi connectivity index (χ1) is 6.50. The van der Waals surface area contributed by atoms with Gasteiger partial charge in [-0.1, -0.05) is 0 Å². The molecule has 0 aromatic carbocycles. The molecule has 0 atom stereocenters. The van der Waals surface area contributed by atoms with Crippen LogP contribution in [0.5, 0.6) is 0 Å². The summed E-state index contributed by atoms with van der Waals surface area (Å²) in [6, 6.07) is 3.09. The van der Waals surface area contributed by atoms with Crippen molar-refractivity contribution in [3.63, 3.8) is 0 Å². The van der Waals surface area contributed by atoms with Gasteiger partial charge in [-0.15, -0.1) is 3.89 Å². The number of rotatable bonds is 1. The quantitative estimate of drug-likeness (QED) is 0.671. The van der Waals surface area contributed by atoms with Crippen LogP contribution in [-0.4, -0.2) is 18.0 Å². The van der Waals surface area contributed by atoms with Crippen molar-refractivity contribution in [2.24, 2.45) is 7.05 Å². The molecule has 2 aromatic rings. The normalized spacial score (nSPS) is 12.1. The highest BCUT2D eigenvalue weighted by molar-refractivity contribution is 7.86. The van der Waals surface area contributed by atoms with Crippen LogP contribution in [0.15, 0.2) is 29.4 Å². The van der Waals surface area contributed by atoms with Gasteiger partial charge >= 0.3 is 10.2 Å². The topological polar surface area (TPSA) is 52.0 Å². The Balaban J connectivity index is 2.93. The van der Waals surface area contributed by atoms with Gasteiger partial charge < -0.3 is 4.57 Å². The number of nitrogens with zero attached hydrogens (tertiary/aromatic N) is 2. The fourth-order valence-corrected chi connectivity index (χ4v) is 2.08. The second-order valence-corrected chi connectivity index (χ2v) is 4.23. The van der Waals surface area contributed by atoms with Crippen LogP contribution in [0.1, 0.15) is 0 Å². The Bertz CT molecular complexity index is 588. The van der Waals surface area contributed by atoms with Crippen LogP contribution in [0.4, 0.5) is 3.89 Å². The average molecular weight is 214 g/mol. The fourth-order valence-electron chi connectivity index (χ4n) is 1.37. The van der Waals surface area contributed by atoms with Gasteiger partial charge in [0, 0.05) is 24.8 Å². The maximum Gasteiger partial charge on any atom is 0.334 e. The summed E-state index contributed by atoms with van der Waals surface area (Å²) in [6.07, 6.45) is 2.74. The molecule has 0 bridgehead atoms. The minimum atomic E-state index is -4.67. The third-order valence-corrected chi connectivity index (χ3v) is 2.81. The predicted octanol–water partition coefficient (Wildman–Crippen LogP) is 1.23. The molecule has 0 saturated heterocycles. The molecule has 0 radical (unpaired) electrons. The molecule has 0 aliphatic carbocycles. The Morgan fingerprint density at radius 1 is 1.50 bits per heavy atom. The van der Waals surface area contributed by atoms with E-state index in [1.54, 1.807) is 13.1 Å². The first-order valence-corrected chi connectivity index (χ1v) is 5.23. The van der Waals surface area contributed by atoms with E-state index in [9.17, 15) is 12.3 Å². The van der Waals surface area contributed by atoms with E-state index in [1.807, 2.05) is 0 Å². The van der Waals surface area contributed by atoms with Gasteiger partial charge in [-0.2, -0.15) is 8.42 Å². The van der Waals surface area contributed by atoms with E-state index in [1.165, 1.54) is 23.0 Å². The van der Waals surface area contributed by atoms with Gasteiger partial charge in [0.25, 0.3) is 0 Å². The Labute approximate surface area is 80.2 Å². The molecular weight excluding hydrogens is 207 g/mol. The van der Waals surface area contributed by atoms with Gasteiger partial charge in [-0.3, -0.25) is 0 Å². The molecule has 74 valence electrons.